The Kier molecular flexibility index (Phi) is 2.89. The van der Waals surface area contributed by atoms with Crippen molar-refractivity contribution >= 4 is 11.8 Å². The summed E-state index contributed by atoms with van der Waals surface area (Å²) >= 11 is 0. The Bertz CT molecular complexity index is 150. The lowest BCUT2D eigenvalue weighted by Gasteiger charge is -2.01. The van der Waals surface area contributed by atoms with Crippen LogP contribution in [-0.4, -0.2) is 24.9 Å². The Morgan fingerprint density at radius 3 is 1.82 bits per heavy atom. The highest BCUT2D eigenvalue weighted by molar-refractivity contribution is 5.79. The predicted molar refractivity (Wildman–Crippen MR) is 39.9 cm³/mol. The second-order valence-corrected chi connectivity index (χ2v) is 2.55. The lowest BCUT2D eigenvalue weighted by Crippen LogP contribution is -2.32. The van der Waals surface area contributed by atoms with Crippen molar-refractivity contribution in [3.63, 3.8) is 0 Å². The third kappa shape index (κ3) is 3.02. The molecule has 1 fully saturated rings. The van der Waals surface area contributed by atoms with Gasteiger partial charge in [-0.1, -0.05) is 0 Å². The highest BCUT2D eigenvalue weighted by Crippen LogP contribution is 1.96. The first-order chi connectivity index (χ1) is 5.29. The van der Waals surface area contributed by atoms with Crippen molar-refractivity contribution < 1.29 is 9.59 Å². The van der Waals surface area contributed by atoms with E-state index in [1.54, 1.807) is 0 Å². The monoisotopic (exact) mass is 156 g/mol. The van der Waals surface area contributed by atoms with E-state index in [0.29, 0.717) is 32.4 Å². The van der Waals surface area contributed by atoms with Gasteiger partial charge in [0.15, 0.2) is 0 Å². The number of amides is 2. The molecular weight excluding hydrogens is 144 g/mol. The van der Waals surface area contributed by atoms with Crippen molar-refractivity contribution in [2.24, 2.45) is 0 Å². The molecule has 0 aromatic carbocycles. The lowest BCUT2D eigenvalue weighted by molar-refractivity contribution is -0.121. The number of hydrogen-bond donors (Lipinski definition) is 2. The average Bonchev–Trinajstić information content (AvgIpc) is 2.04. The quantitative estimate of drug-likeness (QED) is 0.492. The van der Waals surface area contributed by atoms with E-state index >= 15 is 0 Å². The smallest absolute Gasteiger partial charge is 0.220 e. The third-order valence-corrected chi connectivity index (χ3v) is 1.58. The fraction of sp³-hybridized carbons (Fsp3) is 0.714. The molecule has 1 aliphatic heterocycles. The van der Waals surface area contributed by atoms with Gasteiger partial charge in [0, 0.05) is 25.9 Å². The number of carbonyl (C=O) groups excluding carboxylic acids is 2. The summed E-state index contributed by atoms with van der Waals surface area (Å²) in [6, 6.07) is 0. The molecule has 0 aliphatic carbocycles. The van der Waals surface area contributed by atoms with Crippen LogP contribution in [0.3, 0.4) is 0 Å². The van der Waals surface area contributed by atoms with Crippen LogP contribution < -0.4 is 10.6 Å². The molecule has 2 N–H and O–H groups in total. The van der Waals surface area contributed by atoms with Gasteiger partial charge in [0.05, 0.1) is 0 Å². The number of carbonyl (C=O) groups is 2. The van der Waals surface area contributed by atoms with Crippen LogP contribution in [0.5, 0.6) is 0 Å². The summed E-state index contributed by atoms with van der Waals surface area (Å²) in [6.07, 6.45) is 1.58. The van der Waals surface area contributed by atoms with Crippen molar-refractivity contribution in [1.82, 2.24) is 10.6 Å². The molecule has 1 rings (SSSR count). The predicted octanol–water partition coefficient (Wildman–Crippen LogP) is -0.597. The van der Waals surface area contributed by atoms with E-state index in [-0.39, 0.29) is 11.8 Å². The Morgan fingerprint density at radius 2 is 1.36 bits per heavy atom. The molecule has 0 spiro atoms. The zero-order chi connectivity index (χ0) is 8.10. The van der Waals surface area contributed by atoms with Crippen LogP contribution in [0.1, 0.15) is 19.3 Å². The molecule has 4 heteroatoms. The van der Waals surface area contributed by atoms with Crippen molar-refractivity contribution in [3.05, 3.63) is 0 Å². The highest BCUT2D eigenvalue weighted by atomic mass is 16.2. The molecule has 0 atom stereocenters. The van der Waals surface area contributed by atoms with E-state index in [1.165, 1.54) is 0 Å². The summed E-state index contributed by atoms with van der Waals surface area (Å²) < 4.78 is 0. The van der Waals surface area contributed by atoms with Gasteiger partial charge in [0.2, 0.25) is 11.8 Å². The van der Waals surface area contributed by atoms with E-state index in [9.17, 15) is 9.59 Å². The molecule has 0 radical (unpaired) electrons. The second-order valence-electron chi connectivity index (χ2n) is 2.55. The highest BCUT2D eigenvalue weighted by Gasteiger charge is 2.07. The van der Waals surface area contributed by atoms with Gasteiger partial charge in [-0.2, -0.15) is 0 Å². The van der Waals surface area contributed by atoms with Crippen LogP contribution in [0.15, 0.2) is 0 Å². The summed E-state index contributed by atoms with van der Waals surface area (Å²) in [5.74, 6) is 0.0861. The van der Waals surface area contributed by atoms with Crippen molar-refractivity contribution in [2.75, 3.05) is 13.1 Å². The molecule has 1 aliphatic rings. The topological polar surface area (TPSA) is 58.2 Å². The summed E-state index contributed by atoms with van der Waals surface area (Å²) in [6.45, 7) is 1.09. The molecular formula is C7H12N2O2. The van der Waals surface area contributed by atoms with Crippen molar-refractivity contribution in [1.29, 1.82) is 0 Å². The largest absolute Gasteiger partial charge is 0.354 e. The zero-order valence-electron chi connectivity index (χ0n) is 6.35. The van der Waals surface area contributed by atoms with Gasteiger partial charge in [0.25, 0.3) is 0 Å². The molecule has 2 amide bonds. The van der Waals surface area contributed by atoms with Gasteiger partial charge in [-0.3, -0.25) is 9.59 Å². The van der Waals surface area contributed by atoms with Crippen LogP contribution >= 0.6 is 0 Å². The minimum Gasteiger partial charge on any atom is -0.354 e. The average molecular weight is 156 g/mol. The molecule has 0 unspecified atom stereocenters. The van der Waals surface area contributed by atoms with Gasteiger partial charge in [0.1, 0.15) is 0 Å². The Hall–Kier alpha value is -1.06. The van der Waals surface area contributed by atoms with Crippen LogP contribution in [0.2, 0.25) is 0 Å². The molecule has 4 nitrogen and oxygen atoms in total. The number of hydrogen-bond acceptors (Lipinski definition) is 2. The Balaban J connectivity index is 2.35. The summed E-state index contributed by atoms with van der Waals surface area (Å²) in [4.78, 5) is 21.7. The molecule has 0 saturated carbocycles. The minimum absolute atomic E-state index is 0.0431. The van der Waals surface area contributed by atoms with Gasteiger partial charge < -0.3 is 10.6 Å². The van der Waals surface area contributed by atoms with Gasteiger partial charge in [-0.25, -0.2) is 0 Å². The second kappa shape index (κ2) is 3.95. The van der Waals surface area contributed by atoms with Crippen molar-refractivity contribution in [2.45, 2.75) is 19.3 Å². The Morgan fingerprint density at radius 1 is 0.909 bits per heavy atom. The fourth-order valence-electron chi connectivity index (χ4n) is 0.990. The molecule has 0 aromatic rings. The van der Waals surface area contributed by atoms with Gasteiger partial charge >= 0.3 is 0 Å². The first-order valence-electron chi connectivity index (χ1n) is 3.82. The van der Waals surface area contributed by atoms with Gasteiger partial charge in [-0.05, 0) is 6.42 Å². The SMILES string of the molecule is O=C1CCCC(=O)NCCN1. The van der Waals surface area contributed by atoms with E-state index < -0.39 is 0 Å². The maximum atomic E-state index is 10.8. The molecule has 1 heterocycles. The van der Waals surface area contributed by atoms with Crippen molar-refractivity contribution in [3.8, 4) is 0 Å². The Labute approximate surface area is 65.3 Å². The van der Waals surface area contributed by atoms with E-state index in [0.717, 1.165) is 0 Å². The van der Waals surface area contributed by atoms with Crippen LogP contribution in [0.4, 0.5) is 0 Å². The number of rotatable bonds is 0. The first-order valence-corrected chi connectivity index (χ1v) is 3.82. The first kappa shape index (κ1) is 8.04. The standard InChI is InChI=1S/C7H12N2O2/c10-6-2-1-3-7(11)9-5-4-8-6/h1-5H2,(H,8,10)(H,9,11). The molecule has 62 valence electrons. The van der Waals surface area contributed by atoms with Crippen LogP contribution in [0.25, 0.3) is 0 Å². The molecule has 0 bridgehead atoms. The van der Waals surface area contributed by atoms with E-state index in [1.807, 2.05) is 0 Å². The van der Waals surface area contributed by atoms with E-state index in [4.69, 9.17) is 0 Å². The maximum Gasteiger partial charge on any atom is 0.220 e. The maximum absolute atomic E-state index is 10.8. The van der Waals surface area contributed by atoms with Gasteiger partial charge in [-0.15, -0.1) is 0 Å². The summed E-state index contributed by atoms with van der Waals surface area (Å²) in [7, 11) is 0. The zero-order valence-corrected chi connectivity index (χ0v) is 6.35. The normalized spacial score (nSPS) is 20.7. The molecule has 0 aromatic heterocycles. The third-order valence-electron chi connectivity index (χ3n) is 1.58. The molecule has 1 saturated heterocycles. The fourth-order valence-corrected chi connectivity index (χ4v) is 0.990. The minimum atomic E-state index is 0.0431. The van der Waals surface area contributed by atoms with E-state index in [2.05, 4.69) is 10.6 Å². The lowest BCUT2D eigenvalue weighted by atomic mass is 10.2. The summed E-state index contributed by atoms with van der Waals surface area (Å²) in [5, 5.41) is 5.38. The van der Waals surface area contributed by atoms with Crippen LogP contribution in [-0.2, 0) is 9.59 Å². The van der Waals surface area contributed by atoms with Crippen LogP contribution in [0, 0.1) is 0 Å². The summed E-state index contributed by atoms with van der Waals surface area (Å²) in [5.41, 5.74) is 0. The number of nitrogens with one attached hydrogen (secondary N) is 2. The molecule has 11 heavy (non-hydrogen) atoms.